The van der Waals surface area contributed by atoms with E-state index in [4.69, 9.17) is 0 Å². The Morgan fingerprint density at radius 2 is 1.77 bits per heavy atom. The van der Waals surface area contributed by atoms with Crippen LogP contribution in [0.3, 0.4) is 0 Å². The summed E-state index contributed by atoms with van der Waals surface area (Å²) in [5, 5.41) is 5.38. The Morgan fingerprint density at radius 1 is 1.14 bits per heavy atom. The number of hydrogen-bond acceptors (Lipinski definition) is 3. The van der Waals surface area contributed by atoms with Crippen molar-refractivity contribution in [1.29, 1.82) is 0 Å². The van der Waals surface area contributed by atoms with Crippen LogP contribution in [0.4, 0.5) is 10.5 Å². The Labute approximate surface area is 131 Å². The van der Waals surface area contributed by atoms with Crippen molar-refractivity contribution >= 4 is 21.7 Å². The number of hydrogen-bond donors (Lipinski definition) is 2. The summed E-state index contributed by atoms with van der Waals surface area (Å²) in [4.78, 5) is 11.8. The molecule has 122 valence electrons. The average molecular weight is 325 g/mol. The van der Waals surface area contributed by atoms with Crippen molar-refractivity contribution in [3.8, 4) is 0 Å². The molecule has 22 heavy (non-hydrogen) atoms. The van der Waals surface area contributed by atoms with E-state index in [9.17, 15) is 13.2 Å². The van der Waals surface area contributed by atoms with Gasteiger partial charge in [0.15, 0.2) is 0 Å². The van der Waals surface area contributed by atoms with Gasteiger partial charge < -0.3 is 10.6 Å². The zero-order valence-corrected chi connectivity index (χ0v) is 13.7. The average Bonchev–Trinajstić information content (AvgIpc) is 2.54. The molecule has 1 aliphatic heterocycles. The first kappa shape index (κ1) is 16.8. The van der Waals surface area contributed by atoms with Gasteiger partial charge in [-0.15, -0.1) is 0 Å². The van der Waals surface area contributed by atoms with Crippen LogP contribution in [0.5, 0.6) is 0 Å². The highest BCUT2D eigenvalue weighted by molar-refractivity contribution is 7.89. The number of nitrogens with zero attached hydrogens (tertiary/aromatic N) is 1. The maximum atomic E-state index is 12.5. The molecule has 0 bridgehead atoms. The fourth-order valence-corrected chi connectivity index (χ4v) is 3.90. The fraction of sp³-hybridized carbons (Fsp3) is 0.533. The van der Waals surface area contributed by atoms with Gasteiger partial charge in [-0.3, -0.25) is 0 Å². The number of anilines is 1. The second-order valence-electron chi connectivity index (χ2n) is 5.37. The second-order valence-corrected chi connectivity index (χ2v) is 7.31. The first-order valence-electron chi connectivity index (χ1n) is 7.69. The van der Waals surface area contributed by atoms with Crippen molar-refractivity contribution in [2.75, 3.05) is 25.0 Å². The summed E-state index contributed by atoms with van der Waals surface area (Å²) in [6.07, 6.45) is 3.77. The Balaban J connectivity index is 2.03. The minimum absolute atomic E-state index is 0.272. The van der Waals surface area contributed by atoms with Crippen molar-refractivity contribution < 1.29 is 13.2 Å². The highest BCUT2D eigenvalue weighted by atomic mass is 32.2. The number of urea groups is 1. The summed E-state index contributed by atoms with van der Waals surface area (Å²) in [5.41, 5.74) is 0.575. The molecule has 2 N–H and O–H groups in total. The highest BCUT2D eigenvalue weighted by Crippen LogP contribution is 2.21. The molecule has 0 radical (unpaired) electrons. The lowest BCUT2D eigenvalue weighted by Gasteiger charge is -2.25. The Kier molecular flexibility index (Phi) is 5.79. The second kappa shape index (κ2) is 7.60. The normalized spacial score (nSPS) is 16.2. The molecular formula is C15H23N3O3S. The molecule has 1 saturated heterocycles. The van der Waals surface area contributed by atoms with E-state index in [1.54, 1.807) is 24.3 Å². The molecule has 2 amide bonds. The maximum absolute atomic E-state index is 12.5. The van der Waals surface area contributed by atoms with E-state index in [1.807, 2.05) is 6.92 Å². The van der Waals surface area contributed by atoms with E-state index in [1.165, 1.54) is 4.31 Å². The van der Waals surface area contributed by atoms with Crippen LogP contribution in [-0.4, -0.2) is 38.4 Å². The molecule has 0 saturated carbocycles. The van der Waals surface area contributed by atoms with E-state index >= 15 is 0 Å². The summed E-state index contributed by atoms with van der Waals surface area (Å²) >= 11 is 0. The van der Waals surface area contributed by atoms with E-state index < -0.39 is 10.0 Å². The lowest BCUT2D eigenvalue weighted by Crippen LogP contribution is -2.35. The molecule has 1 aromatic rings. The lowest BCUT2D eigenvalue weighted by molar-refractivity contribution is 0.252. The van der Waals surface area contributed by atoms with Crippen LogP contribution in [0.15, 0.2) is 29.2 Å². The Bertz CT molecular complexity index is 593. The summed E-state index contributed by atoms with van der Waals surface area (Å²) in [6, 6.07) is 6.03. The SMILES string of the molecule is CCCNC(=O)Nc1ccc(S(=O)(=O)N2CCCCC2)cc1. The van der Waals surface area contributed by atoms with Gasteiger partial charge in [0.25, 0.3) is 0 Å². The van der Waals surface area contributed by atoms with Crippen LogP contribution in [0.1, 0.15) is 32.6 Å². The van der Waals surface area contributed by atoms with E-state index in [0.717, 1.165) is 25.7 Å². The van der Waals surface area contributed by atoms with Crippen molar-refractivity contribution in [3.63, 3.8) is 0 Å². The topological polar surface area (TPSA) is 78.5 Å². The predicted molar refractivity (Wildman–Crippen MR) is 86.4 cm³/mol. The van der Waals surface area contributed by atoms with Crippen LogP contribution < -0.4 is 10.6 Å². The third-order valence-corrected chi connectivity index (χ3v) is 5.51. The van der Waals surface area contributed by atoms with Gasteiger partial charge in [0.05, 0.1) is 4.90 Å². The molecular weight excluding hydrogens is 302 g/mol. The van der Waals surface area contributed by atoms with Gasteiger partial charge in [-0.25, -0.2) is 13.2 Å². The third-order valence-electron chi connectivity index (χ3n) is 3.60. The summed E-state index contributed by atoms with van der Waals surface area (Å²) in [7, 11) is -3.42. The van der Waals surface area contributed by atoms with Gasteiger partial charge >= 0.3 is 6.03 Å². The minimum atomic E-state index is -3.42. The van der Waals surface area contributed by atoms with Gasteiger partial charge in [0.2, 0.25) is 10.0 Å². The molecule has 1 heterocycles. The molecule has 1 aliphatic rings. The fourth-order valence-electron chi connectivity index (χ4n) is 2.38. The van der Waals surface area contributed by atoms with Gasteiger partial charge in [-0.2, -0.15) is 4.31 Å². The highest BCUT2D eigenvalue weighted by Gasteiger charge is 2.25. The maximum Gasteiger partial charge on any atom is 0.319 e. The predicted octanol–water partition coefficient (Wildman–Crippen LogP) is 2.39. The number of benzene rings is 1. The van der Waals surface area contributed by atoms with E-state index in [2.05, 4.69) is 10.6 Å². The zero-order chi connectivity index (χ0) is 16.0. The van der Waals surface area contributed by atoms with E-state index in [-0.39, 0.29) is 10.9 Å². The number of nitrogens with one attached hydrogen (secondary N) is 2. The number of rotatable bonds is 5. The molecule has 0 atom stereocenters. The van der Waals surface area contributed by atoms with E-state index in [0.29, 0.717) is 25.3 Å². The van der Waals surface area contributed by atoms with Crippen LogP contribution in [0.25, 0.3) is 0 Å². The molecule has 7 heteroatoms. The molecule has 0 aliphatic carbocycles. The van der Waals surface area contributed by atoms with Crippen molar-refractivity contribution in [1.82, 2.24) is 9.62 Å². The quantitative estimate of drug-likeness (QED) is 0.872. The molecule has 0 unspecified atom stereocenters. The first-order valence-corrected chi connectivity index (χ1v) is 9.13. The van der Waals surface area contributed by atoms with Crippen molar-refractivity contribution in [2.24, 2.45) is 0 Å². The number of carbonyl (C=O) groups is 1. The number of sulfonamides is 1. The molecule has 1 fully saturated rings. The zero-order valence-electron chi connectivity index (χ0n) is 12.8. The largest absolute Gasteiger partial charge is 0.338 e. The Morgan fingerprint density at radius 3 is 2.36 bits per heavy atom. The first-order chi connectivity index (χ1) is 10.5. The summed E-state index contributed by atoms with van der Waals surface area (Å²) in [6.45, 7) is 3.75. The standard InChI is InChI=1S/C15H23N3O3S/c1-2-10-16-15(19)17-13-6-8-14(9-7-13)22(20,21)18-11-4-3-5-12-18/h6-9H,2-5,10-12H2,1H3,(H2,16,17,19). The van der Waals surface area contributed by atoms with Crippen molar-refractivity contribution in [3.05, 3.63) is 24.3 Å². The molecule has 1 aromatic carbocycles. The van der Waals surface area contributed by atoms with Crippen molar-refractivity contribution in [2.45, 2.75) is 37.5 Å². The number of piperidine rings is 1. The van der Waals surface area contributed by atoms with Gasteiger partial charge in [0.1, 0.15) is 0 Å². The summed E-state index contributed by atoms with van der Waals surface area (Å²) < 4.78 is 26.5. The minimum Gasteiger partial charge on any atom is -0.338 e. The van der Waals surface area contributed by atoms with Gasteiger partial charge in [-0.05, 0) is 43.5 Å². The van der Waals surface area contributed by atoms with Crippen LogP contribution in [0.2, 0.25) is 0 Å². The third kappa shape index (κ3) is 4.20. The molecule has 6 nitrogen and oxygen atoms in total. The molecule has 2 rings (SSSR count). The lowest BCUT2D eigenvalue weighted by atomic mass is 10.2. The van der Waals surface area contributed by atoms with Crippen LogP contribution >= 0.6 is 0 Å². The van der Waals surface area contributed by atoms with Crippen LogP contribution in [0, 0.1) is 0 Å². The summed E-state index contributed by atoms with van der Waals surface area (Å²) in [5.74, 6) is 0. The Hall–Kier alpha value is -1.60. The van der Waals surface area contributed by atoms with Crippen LogP contribution in [-0.2, 0) is 10.0 Å². The smallest absolute Gasteiger partial charge is 0.319 e. The number of carbonyl (C=O) groups excluding carboxylic acids is 1. The molecule has 0 aromatic heterocycles. The number of amides is 2. The van der Waals surface area contributed by atoms with Gasteiger partial charge in [-0.1, -0.05) is 13.3 Å². The van der Waals surface area contributed by atoms with Gasteiger partial charge in [0, 0.05) is 25.3 Å². The molecule has 0 spiro atoms. The monoisotopic (exact) mass is 325 g/mol.